The molecule has 1 amide bonds. The van der Waals surface area contributed by atoms with E-state index >= 15 is 0 Å². The summed E-state index contributed by atoms with van der Waals surface area (Å²) in [6, 6.07) is 3.77. The van der Waals surface area contributed by atoms with E-state index in [0.29, 0.717) is 11.8 Å². The standard InChI is InChI=1S/C26H29F5N4O2/c1-3-34-10-16-17(11-34)22(16)33-19-9-20(36)35(26(7-8-26)25(30)31)12-18(19)24(37)32-13(2)14-5-4-6-15(21(14)27)23(28)29/h4-6,9,12-13,16-17,22-23,25,33H,3,7-8,10-11H2,1-2H3,(H,32,37)/t13-,16-,17+,22+/m1/s1. The molecule has 5 rings (SSSR count). The molecule has 0 spiro atoms. The van der Waals surface area contributed by atoms with Crippen LogP contribution in [0.2, 0.25) is 0 Å². The predicted molar refractivity (Wildman–Crippen MR) is 128 cm³/mol. The molecule has 3 fully saturated rings. The van der Waals surface area contributed by atoms with Crippen molar-refractivity contribution < 1.29 is 26.7 Å². The van der Waals surface area contributed by atoms with Gasteiger partial charge in [0.15, 0.2) is 0 Å². The third-order valence-electron chi connectivity index (χ3n) is 8.09. The number of aromatic nitrogens is 1. The lowest BCUT2D eigenvalue weighted by Crippen LogP contribution is -2.37. The zero-order valence-electron chi connectivity index (χ0n) is 20.5. The molecule has 1 aliphatic heterocycles. The van der Waals surface area contributed by atoms with E-state index in [4.69, 9.17) is 0 Å². The van der Waals surface area contributed by atoms with Crippen molar-refractivity contribution in [2.24, 2.45) is 11.8 Å². The van der Waals surface area contributed by atoms with Crippen LogP contribution in [0.1, 0.15) is 60.6 Å². The minimum absolute atomic E-state index is 0.0267. The van der Waals surface area contributed by atoms with Crippen LogP contribution in [0.25, 0.3) is 0 Å². The second kappa shape index (κ2) is 9.41. The van der Waals surface area contributed by atoms with Crippen molar-refractivity contribution in [1.82, 2.24) is 14.8 Å². The molecule has 1 aromatic carbocycles. The number of fused-ring (bicyclic) bond motifs is 1. The van der Waals surface area contributed by atoms with Gasteiger partial charge in [-0.15, -0.1) is 0 Å². The van der Waals surface area contributed by atoms with Crippen LogP contribution in [0, 0.1) is 17.7 Å². The number of benzene rings is 1. The van der Waals surface area contributed by atoms with E-state index in [-0.39, 0.29) is 35.7 Å². The second-order valence-corrected chi connectivity index (χ2v) is 10.3. The number of rotatable bonds is 9. The molecule has 2 aromatic rings. The topological polar surface area (TPSA) is 66.4 Å². The molecule has 11 heteroatoms. The van der Waals surface area contributed by atoms with Crippen molar-refractivity contribution in [1.29, 1.82) is 0 Å². The summed E-state index contributed by atoms with van der Waals surface area (Å²) in [4.78, 5) is 28.6. The molecule has 6 nitrogen and oxygen atoms in total. The SMILES string of the molecule is CCN1C[C@@H]2[C@H](C1)[C@H]2Nc1cc(=O)n(C2(C(F)F)CC2)cc1C(=O)N[C@H](C)c1cccc(C(F)F)c1F. The Bertz CT molecular complexity index is 1250. The van der Waals surface area contributed by atoms with Crippen LogP contribution in [0.3, 0.4) is 0 Å². The number of carbonyl (C=O) groups is 1. The monoisotopic (exact) mass is 524 g/mol. The highest BCUT2D eigenvalue weighted by Gasteiger charge is 2.56. The molecule has 4 atom stereocenters. The Labute approximate surface area is 210 Å². The van der Waals surface area contributed by atoms with Crippen molar-refractivity contribution >= 4 is 11.6 Å². The third kappa shape index (κ3) is 4.51. The summed E-state index contributed by atoms with van der Waals surface area (Å²) in [5.41, 5.74) is -2.99. The lowest BCUT2D eigenvalue weighted by atomic mass is 10.0. The Hall–Kier alpha value is -2.95. The number of piperidine rings is 1. The van der Waals surface area contributed by atoms with E-state index in [1.807, 2.05) is 0 Å². The first-order valence-corrected chi connectivity index (χ1v) is 12.5. The van der Waals surface area contributed by atoms with E-state index in [0.717, 1.165) is 36.5 Å². The van der Waals surface area contributed by atoms with E-state index in [2.05, 4.69) is 22.5 Å². The fourth-order valence-electron chi connectivity index (χ4n) is 5.56. The van der Waals surface area contributed by atoms with Crippen LogP contribution >= 0.6 is 0 Å². The zero-order valence-corrected chi connectivity index (χ0v) is 20.5. The van der Waals surface area contributed by atoms with Gasteiger partial charge in [-0.25, -0.2) is 22.0 Å². The number of nitrogens with one attached hydrogen (secondary N) is 2. The van der Waals surface area contributed by atoms with Gasteiger partial charge in [-0.1, -0.05) is 25.1 Å². The Morgan fingerprint density at radius 1 is 1.14 bits per heavy atom. The summed E-state index contributed by atoms with van der Waals surface area (Å²) in [6.07, 6.45) is -4.44. The minimum atomic E-state index is -3.02. The van der Waals surface area contributed by atoms with Crippen molar-refractivity contribution in [3.05, 3.63) is 63.3 Å². The molecule has 200 valence electrons. The minimum Gasteiger partial charge on any atom is -0.381 e. The van der Waals surface area contributed by atoms with Crippen molar-refractivity contribution in [2.45, 2.75) is 57.2 Å². The van der Waals surface area contributed by atoms with E-state index in [9.17, 15) is 31.5 Å². The molecule has 1 saturated heterocycles. The van der Waals surface area contributed by atoms with E-state index in [1.54, 1.807) is 0 Å². The molecule has 3 aliphatic rings. The number of hydrogen-bond acceptors (Lipinski definition) is 4. The van der Waals surface area contributed by atoms with Gasteiger partial charge in [-0.2, -0.15) is 0 Å². The summed E-state index contributed by atoms with van der Waals surface area (Å²) >= 11 is 0. The highest BCUT2D eigenvalue weighted by Crippen LogP contribution is 2.49. The number of pyridine rings is 1. The number of nitrogens with zero attached hydrogens (tertiary/aromatic N) is 2. The predicted octanol–water partition coefficient (Wildman–Crippen LogP) is 4.53. The molecule has 0 radical (unpaired) electrons. The number of likely N-dealkylation sites (tertiary alicyclic amines) is 1. The van der Waals surface area contributed by atoms with Crippen molar-refractivity contribution in [2.75, 3.05) is 25.0 Å². The van der Waals surface area contributed by atoms with Crippen LogP contribution in [0.15, 0.2) is 35.3 Å². The van der Waals surface area contributed by atoms with Gasteiger partial charge in [-0.05, 0) is 38.1 Å². The largest absolute Gasteiger partial charge is 0.381 e. The van der Waals surface area contributed by atoms with Gasteiger partial charge in [0.25, 0.3) is 24.3 Å². The molecular formula is C26H29F5N4O2. The number of carbonyl (C=O) groups excluding carboxylic acids is 1. The number of hydrogen-bond donors (Lipinski definition) is 2. The first-order valence-electron chi connectivity index (χ1n) is 12.5. The Balaban J connectivity index is 1.44. The van der Waals surface area contributed by atoms with Crippen molar-refractivity contribution in [3.8, 4) is 0 Å². The summed E-state index contributed by atoms with van der Waals surface area (Å²) in [6.45, 7) is 6.24. The lowest BCUT2D eigenvalue weighted by Gasteiger charge is -2.23. The van der Waals surface area contributed by atoms with Gasteiger partial charge in [0.1, 0.15) is 11.4 Å². The van der Waals surface area contributed by atoms with E-state index in [1.165, 1.54) is 25.1 Å². The number of anilines is 1. The van der Waals surface area contributed by atoms with Crippen LogP contribution in [-0.4, -0.2) is 47.5 Å². The Morgan fingerprint density at radius 2 is 1.78 bits per heavy atom. The molecule has 2 heterocycles. The molecule has 1 aromatic heterocycles. The molecule has 37 heavy (non-hydrogen) atoms. The maximum absolute atomic E-state index is 14.7. The number of alkyl halides is 4. The van der Waals surface area contributed by atoms with Gasteiger partial charge >= 0.3 is 0 Å². The fourth-order valence-corrected chi connectivity index (χ4v) is 5.56. The van der Waals surface area contributed by atoms with Gasteiger partial charge in [0.2, 0.25) is 0 Å². The van der Waals surface area contributed by atoms with Crippen molar-refractivity contribution in [3.63, 3.8) is 0 Å². The first-order chi connectivity index (χ1) is 17.6. The second-order valence-electron chi connectivity index (χ2n) is 10.3. The average Bonchev–Trinajstić information content (AvgIpc) is 3.73. The molecule has 2 saturated carbocycles. The van der Waals surface area contributed by atoms with Gasteiger partial charge in [-0.3, -0.25) is 9.59 Å². The maximum atomic E-state index is 14.7. The van der Waals surface area contributed by atoms with Crippen LogP contribution < -0.4 is 16.2 Å². The smallest absolute Gasteiger partial charge is 0.266 e. The average molecular weight is 525 g/mol. The van der Waals surface area contributed by atoms with E-state index < -0.39 is 47.3 Å². The van der Waals surface area contributed by atoms with Gasteiger partial charge in [0.05, 0.1) is 22.9 Å². The highest BCUT2D eigenvalue weighted by molar-refractivity contribution is 5.99. The summed E-state index contributed by atoms with van der Waals surface area (Å²) < 4.78 is 69.5. The van der Waals surface area contributed by atoms with Crippen LogP contribution in [0.4, 0.5) is 27.6 Å². The summed E-state index contributed by atoms with van der Waals surface area (Å²) in [5.74, 6) is -1.12. The van der Waals surface area contributed by atoms with Crippen LogP contribution in [-0.2, 0) is 5.54 Å². The molecule has 0 bridgehead atoms. The summed E-state index contributed by atoms with van der Waals surface area (Å²) in [7, 11) is 0. The first kappa shape index (κ1) is 25.7. The molecule has 2 aliphatic carbocycles. The molecule has 2 N–H and O–H groups in total. The fraction of sp³-hybridized carbons (Fsp3) is 0.538. The highest BCUT2D eigenvalue weighted by atomic mass is 19.3. The normalized spacial score (nSPS) is 24.7. The Kier molecular flexibility index (Phi) is 6.54. The van der Waals surface area contributed by atoms with Crippen LogP contribution in [0.5, 0.6) is 0 Å². The maximum Gasteiger partial charge on any atom is 0.266 e. The Morgan fingerprint density at radius 3 is 2.35 bits per heavy atom. The zero-order chi connectivity index (χ0) is 26.6. The summed E-state index contributed by atoms with van der Waals surface area (Å²) in [5, 5.41) is 5.86. The molecular weight excluding hydrogens is 495 g/mol. The van der Waals surface area contributed by atoms with Gasteiger partial charge < -0.3 is 20.1 Å². The lowest BCUT2D eigenvalue weighted by molar-refractivity contribution is 0.0648. The molecule has 0 unspecified atom stereocenters. The number of amides is 1. The third-order valence-corrected chi connectivity index (χ3v) is 8.09. The quantitative estimate of drug-likeness (QED) is 0.473. The number of halogens is 5. The van der Waals surface area contributed by atoms with Gasteiger partial charge in [0, 0.05) is 37.0 Å².